The lowest BCUT2D eigenvalue weighted by Crippen LogP contribution is -2.51. The molecule has 1 aliphatic carbocycles. The third kappa shape index (κ3) is 6.47. The Kier molecular flexibility index (Phi) is 8.93. The zero-order chi connectivity index (χ0) is 27.3. The van der Waals surface area contributed by atoms with Gasteiger partial charge in [-0.05, 0) is 43.5 Å². The van der Waals surface area contributed by atoms with E-state index in [0.29, 0.717) is 12.0 Å². The number of benzene rings is 1. The lowest BCUT2D eigenvalue weighted by Gasteiger charge is -2.45. The number of aromatic amines is 1. The van der Waals surface area contributed by atoms with Crippen molar-refractivity contribution in [2.75, 3.05) is 20.1 Å². The van der Waals surface area contributed by atoms with E-state index in [0.717, 1.165) is 38.8 Å². The Morgan fingerprint density at radius 2 is 1.81 bits per heavy atom. The molecule has 2 unspecified atom stereocenters. The molecule has 1 aromatic carbocycles. The van der Waals surface area contributed by atoms with Crippen LogP contribution in [0.15, 0.2) is 24.4 Å². The maximum Gasteiger partial charge on any atom is 0.336 e. The Labute approximate surface area is 214 Å². The van der Waals surface area contributed by atoms with Crippen molar-refractivity contribution in [1.29, 1.82) is 0 Å². The molecule has 0 radical (unpaired) electrons. The molecule has 4 rings (SSSR count). The Hall–Kier alpha value is -3.44. The summed E-state index contributed by atoms with van der Waals surface area (Å²) in [7, 11) is 2.18. The van der Waals surface area contributed by atoms with E-state index < -0.39 is 36.4 Å². The molecule has 6 N–H and O–H groups in total. The van der Waals surface area contributed by atoms with E-state index in [4.69, 9.17) is 20.4 Å². The van der Waals surface area contributed by atoms with Crippen LogP contribution in [0.2, 0.25) is 0 Å². The van der Waals surface area contributed by atoms with Gasteiger partial charge in [-0.2, -0.15) is 0 Å². The third-order valence-corrected chi connectivity index (χ3v) is 7.21. The highest BCUT2D eigenvalue weighted by molar-refractivity contribution is 5.89. The molecular weight excluding hydrogens is 482 g/mol. The topological polar surface area (TPSA) is 180 Å². The van der Waals surface area contributed by atoms with E-state index in [1.54, 1.807) is 0 Å². The number of carbonyl (C=O) groups excluding carboxylic acids is 1. The van der Waals surface area contributed by atoms with Gasteiger partial charge in [-0.1, -0.05) is 25.5 Å². The average molecular weight is 518 g/mol. The molecule has 1 saturated heterocycles. The van der Waals surface area contributed by atoms with Gasteiger partial charge in [0.2, 0.25) is 5.91 Å². The summed E-state index contributed by atoms with van der Waals surface area (Å²) in [6.45, 7) is 3.83. The summed E-state index contributed by atoms with van der Waals surface area (Å²) in [5.74, 6) is -4.23. The predicted octanol–water partition coefficient (Wildman–Crippen LogP) is 1.80. The molecule has 0 saturated carbocycles. The molecule has 37 heavy (non-hydrogen) atoms. The van der Waals surface area contributed by atoms with Gasteiger partial charge < -0.3 is 35.6 Å². The number of piperidine rings is 1. The van der Waals surface area contributed by atoms with Crippen molar-refractivity contribution in [3.8, 4) is 0 Å². The minimum absolute atomic E-state index is 0.101. The van der Waals surface area contributed by atoms with Gasteiger partial charge in [-0.25, -0.2) is 4.79 Å². The normalized spacial score (nSPS) is 20.9. The molecule has 202 valence electrons. The number of aliphatic carboxylic acids is 3. The molecule has 2 aliphatic rings. The summed E-state index contributed by atoms with van der Waals surface area (Å²) >= 11 is 0. The Balaban J connectivity index is 0.000000251. The largest absolute Gasteiger partial charge is 0.481 e. The van der Waals surface area contributed by atoms with Crippen LogP contribution in [-0.2, 0) is 25.6 Å². The van der Waals surface area contributed by atoms with Crippen LogP contribution in [0.1, 0.15) is 56.1 Å². The number of unbranched alkanes of at least 4 members (excludes halogenated alkanes) is 1. The highest BCUT2D eigenvalue weighted by Crippen LogP contribution is 2.44. The monoisotopic (exact) mass is 517 g/mol. The molecule has 1 aliphatic heterocycles. The second-order valence-corrected chi connectivity index (χ2v) is 9.96. The summed E-state index contributed by atoms with van der Waals surface area (Å²) in [6, 6.07) is 7.08. The van der Waals surface area contributed by atoms with Gasteiger partial charge in [0.05, 0.1) is 18.8 Å². The van der Waals surface area contributed by atoms with E-state index >= 15 is 0 Å². The average Bonchev–Trinajstić information content (AvgIpc) is 3.23. The molecule has 2 aromatic rings. The molecule has 0 bridgehead atoms. The zero-order valence-corrected chi connectivity index (χ0v) is 21.1. The minimum Gasteiger partial charge on any atom is -0.481 e. The number of amides is 1. The number of rotatable bonds is 9. The Morgan fingerprint density at radius 3 is 2.41 bits per heavy atom. The van der Waals surface area contributed by atoms with E-state index in [1.807, 2.05) is 0 Å². The first-order valence-corrected chi connectivity index (χ1v) is 12.4. The number of likely N-dealkylation sites (N-methyl/N-ethyl adjacent to an activating group) is 1. The second-order valence-electron chi connectivity index (χ2n) is 9.96. The van der Waals surface area contributed by atoms with Crippen molar-refractivity contribution in [2.45, 2.75) is 63.0 Å². The minimum atomic E-state index is -2.74. The number of nitrogens with one attached hydrogen (secondary N) is 2. The summed E-state index contributed by atoms with van der Waals surface area (Å²) in [4.78, 5) is 48.9. The van der Waals surface area contributed by atoms with Crippen molar-refractivity contribution in [3.63, 3.8) is 0 Å². The maximum absolute atomic E-state index is 12.6. The van der Waals surface area contributed by atoms with Crippen LogP contribution in [0.5, 0.6) is 0 Å². The number of hydrogen-bond acceptors (Lipinski definition) is 6. The lowest BCUT2D eigenvalue weighted by molar-refractivity contribution is -0.170. The van der Waals surface area contributed by atoms with E-state index in [9.17, 15) is 19.2 Å². The molecule has 11 nitrogen and oxygen atoms in total. The van der Waals surface area contributed by atoms with Crippen LogP contribution < -0.4 is 5.32 Å². The van der Waals surface area contributed by atoms with Gasteiger partial charge in [0.1, 0.15) is 0 Å². The van der Waals surface area contributed by atoms with Crippen LogP contribution in [0.4, 0.5) is 0 Å². The highest BCUT2D eigenvalue weighted by atomic mass is 16.4. The van der Waals surface area contributed by atoms with Crippen LogP contribution >= 0.6 is 0 Å². The standard InChI is InChI=1S/C20H27N3O.C6H8O7/c1-3-4-8-21-20(24)14-9-16-15-6-5-7-17-19(15)13(11-22-17)10-18(16)23(2)12-14;7-3(8)1-6(13,5(11)12)2-4(9)10/h5-7,11,14,16,18,22H,3-4,8-10,12H2,1-2H3,(H,21,24);13H,1-2H2,(H,7,8)(H,9,10)(H,11,12)/t14?,16?,18-;/m1./s1. The Bertz CT molecular complexity index is 1140. The molecule has 1 aromatic heterocycles. The molecular formula is C26H35N3O8. The van der Waals surface area contributed by atoms with Crippen LogP contribution in [0, 0.1) is 5.92 Å². The van der Waals surface area contributed by atoms with E-state index in [-0.39, 0.29) is 11.8 Å². The smallest absolute Gasteiger partial charge is 0.336 e. The van der Waals surface area contributed by atoms with Crippen molar-refractivity contribution < 1.29 is 39.6 Å². The summed E-state index contributed by atoms with van der Waals surface area (Å²) in [5.41, 5.74) is 1.35. The number of nitrogens with zero attached hydrogens (tertiary/aromatic N) is 1. The highest BCUT2D eigenvalue weighted by Gasteiger charge is 2.42. The molecule has 11 heteroatoms. The Morgan fingerprint density at radius 1 is 1.14 bits per heavy atom. The summed E-state index contributed by atoms with van der Waals surface area (Å²) in [5, 5.41) is 38.3. The first-order chi connectivity index (χ1) is 17.5. The van der Waals surface area contributed by atoms with Crippen LogP contribution in [0.25, 0.3) is 10.9 Å². The maximum atomic E-state index is 12.6. The van der Waals surface area contributed by atoms with Gasteiger partial charge in [0, 0.05) is 42.1 Å². The van der Waals surface area contributed by atoms with Gasteiger partial charge in [-0.15, -0.1) is 0 Å². The number of carbonyl (C=O) groups is 4. The fraction of sp³-hybridized carbons (Fsp3) is 0.538. The van der Waals surface area contributed by atoms with Crippen molar-refractivity contribution in [1.82, 2.24) is 15.2 Å². The van der Waals surface area contributed by atoms with E-state index in [2.05, 4.69) is 53.6 Å². The quantitative estimate of drug-likeness (QED) is 0.270. The molecule has 3 atom stereocenters. The molecule has 2 heterocycles. The first kappa shape index (κ1) is 28.1. The third-order valence-electron chi connectivity index (χ3n) is 7.21. The molecule has 1 amide bonds. The number of carboxylic acid groups (broad SMARTS) is 3. The molecule has 1 fully saturated rings. The SMILES string of the molecule is CCCCNC(=O)C1CC2c3cccc4[nH]cc(c34)C[C@H]2N(C)C1.O=C(O)CC(O)(CC(=O)O)C(=O)O. The summed E-state index contributed by atoms with van der Waals surface area (Å²) in [6.07, 6.45) is 4.12. The van der Waals surface area contributed by atoms with Gasteiger partial charge in [0.15, 0.2) is 5.60 Å². The number of carboxylic acids is 3. The predicted molar refractivity (Wildman–Crippen MR) is 134 cm³/mol. The van der Waals surface area contributed by atoms with Crippen molar-refractivity contribution >= 4 is 34.7 Å². The van der Waals surface area contributed by atoms with Crippen molar-refractivity contribution in [2.24, 2.45) is 5.92 Å². The second kappa shape index (κ2) is 11.7. The van der Waals surface area contributed by atoms with Crippen molar-refractivity contribution in [3.05, 3.63) is 35.5 Å². The zero-order valence-electron chi connectivity index (χ0n) is 21.1. The number of likely N-dealkylation sites (tertiary alicyclic amines) is 1. The van der Waals surface area contributed by atoms with Gasteiger partial charge >= 0.3 is 17.9 Å². The lowest BCUT2D eigenvalue weighted by atomic mass is 9.72. The number of fused-ring (bicyclic) bond motifs is 2. The first-order valence-electron chi connectivity index (χ1n) is 12.4. The summed E-state index contributed by atoms with van der Waals surface area (Å²) < 4.78 is 0. The number of hydrogen-bond donors (Lipinski definition) is 6. The number of aromatic nitrogens is 1. The number of H-pyrrole nitrogens is 1. The molecule has 0 spiro atoms. The van der Waals surface area contributed by atoms with Gasteiger partial charge in [-0.3, -0.25) is 14.4 Å². The van der Waals surface area contributed by atoms with Gasteiger partial charge in [0.25, 0.3) is 0 Å². The van der Waals surface area contributed by atoms with Crippen LogP contribution in [0.3, 0.4) is 0 Å². The fourth-order valence-corrected chi connectivity index (χ4v) is 5.38. The van der Waals surface area contributed by atoms with Crippen LogP contribution in [-0.4, -0.2) is 85.9 Å². The van der Waals surface area contributed by atoms with E-state index in [1.165, 1.54) is 22.0 Å². The number of aliphatic hydroxyl groups is 1. The fourth-order valence-electron chi connectivity index (χ4n) is 5.38.